The molecule has 2 aliphatic rings. The van der Waals surface area contributed by atoms with Gasteiger partial charge in [-0.1, -0.05) is 0 Å². The predicted molar refractivity (Wildman–Crippen MR) is 84.7 cm³/mol. The van der Waals surface area contributed by atoms with Crippen LogP contribution < -0.4 is 20.1 Å². The molecule has 120 valence electrons. The van der Waals surface area contributed by atoms with Gasteiger partial charge in [-0.05, 0) is 51.0 Å². The molecule has 0 spiro atoms. The second-order valence-electron chi connectivity index (χ2n) is 5.64. The molecule has 0 bridgehead atoms. The lowest BCUT2D eigenvalue weighted by atomic mass is 10.2. The first-order chi connectivity index (χ1) is 10.8. The van der Waals surface area contributed by atoms with Crippen molar-refractivity contribution >= 4 is 11.7 Å². The van der Waals surface area contributed by atoms with E-state index in [9.17, 15) is 4.79 Å². The summed E-state index contributed by atoms with van der Waals surface area (Å²) < 4.78 is 11.0. The Morgan fingerprint density at radius 2 is 1.91 bits per heavy atom. The molecule has 2 aliphatic heterocycles. The molecule has 1 fully saturated rings. The van der Waals surface area contributed by atoms with E-state index in [0.717, 1.165) is 18.7 Å². The zero-order valence-corrected chi connectivity index (χ0v) is 12.8. The summed E-state index contributed by atoms with van der Waals surface area (Å²) in [6.07, 6.45) is 3.59. The van der Waals surface area contributed by atoms with E-state index < -0.39 is 0 Å². The number of nitrogens with zero attached hydrogens (tertiary/aromatic N) is 1. The summed E-state index contributed by atoms with van der Waals surface area (Å²) in [4.78, 5) is 14.3. The maximum absolute atomic E-state index is 11.9. The van der Waals surface area contributed by atoms with Crippen LogP contribution in [-0.2, 0) is 0 Å². The van der Waals surface area contributed by atoms with Gasteiger partial charge in [0.25, 0.3) is 0 Å². The molecule has 0 aromatic heterocycles. The van der Waals surface area contributed by atoms with Gasteiger partial charge in [-0.15, -0.1) is 0 Å². The van der Waals surface area contributed by atoms with Crippen molar-refractivity contribution in [3.63, 3.8) is 0 Å². The Bertz CT molecular complexity index is 515. The van der Waals surface area contributed by atoms with Crippen LogP contribution in [0.2, 0.25) is 0 Å². The highest BCUT2D eigenvalue weighted by molar-refractivity contribution is 5.89. The van der Waals surface area contributed by atoms with Gasteiger partial charge in [0.05, 0.1) is 0 Å². The van der Waals surface area contributed by atoms with Crippen LogP contribution >= 0.6 is 0 Å². The maximum Gasteiger partial charge on any atom is 0.319 e. The second-order valence-corrected chi connectivity index (χ2v) is 5.64. The quantitative estimate of drug-likeness (QED) is 0.818. The Balaban J connectivity index is 1.39. The minimum absolute atomic E-state index is 0.182. The molecular weight excluding hydrogens is 282 g/mol. The molecule has 1 aromatic rings. The fraction of sp³-hybridized carbons (Fsp3) is 0.562. The minimum Gasteiger partial charge on any atom is -0.486 e. The molecule has 2 amide bonds. The highest BCUT2D eigenvalue weighted by Gasteiger charge is 2.13. The number of hydrogen-bond donors (Lipinski definition) is 2. The van der Waals surface area contributed by atoms with Crippen LogP contribution in [0.5, 0.6) is 11.5 Å². The number of benzene rings is 1. The molecule has 0 aliphatic carbocycles. The monoisotopic (exact) mass is 305 g/mol. The summed E-state index contributed by atoms with van der Waals surface area (Å²) in [5, 5.41) is 5.71. The van der Waals surface area contributed by atoms with Crippen molar-refractivity contribution in [3.05, 3.63) is 18.2 Å². The number of hydrogen-bond acceptors (Lipinski definition) is 4. The number of carbonyl (C=O) groups is 1. The summed E-state index contributed by atoms with van der Waals surface area (Å²) in [6, 6.07) is 5.24. The Kier molecular flexibility index (Phi) is 5.00. The van der Waals surface area contributed by atoms with Gasteiger partial charge in [-0.3, -0.25) is 0 Å². The molecule has 2 N–H and O–H groups in total. The maximum atomic E-state index is 11.9. The van der Waals surface area contributed by atoms with Crippen LogP contribution in [-0.4, -0.2) is 50.3 Å². The Labute approximate surface area is 130 Å². The first kappa shape index (κ1) is 15.0. The standard InChI is InChI=1S/C16H23N3O3/c20-16(17-6-3-9-19-7-1-2-8-19)18-13-4-5-14-15(12-13)22-11-10-21-14/h4-5,12H,1-3,6-11H2,(H2,17,18,20). The fourth-order valence-corrected chi connectivity index (χ4v) is 2.81. The van der Waals surface area contributed by atoms with Crippen molar-refractivity contribution in [3.8, 4) is 11.5 Å². The number of likely N-dealkylation sites (tertiary alicyclic amines) is 1. The number of amides is 2. The van der Waals surface area contributed by atoms with Crippen molar-refractivity contribution < 1.29 is 14.3 Å². The summed E-state index contributed by atoms with van der Waals surface area (Å²) in [5.74, 6) is 1.40. The molecule has 1 saturated heterocycles. The number of anilines is 1. The van der Waals surface area contributed by atoms with Gasteiger partial charge in [0, 0.05) is 18.3 Å². The molecule has 0 saturated carbocycles. The number of carbonyl (C=O) groups excluding carboxylic acids is 1. The lowest BCUT2D eigenvalue weighted by Gasteiger charge is -2.19. The van der Waals surface area contributed by atoms with Gasteiger partial charge in [-0.2, -0.15) is 0 Å². The van der Waals surface area contributed by atoms with Crippen LogP contribution in [0, 0.1) is 0 Å². The molecule has 6 nitrogen and oxygen atoms in total. The van der Waals surface area contributed by atoms with E-state index in [1.54, 1.807) is 6.07 Å². The fourth-order valence-electron chi connectivity index (χ4n) is 2.81. The third kappa shape index (κ3) is 4.04. The van der Waals surface area contributed by atoms with Crippen molar-refractivity contribution in [1.82, 2.24) is 10.2 Å². The second kappa shape index (κ2) is 7.35. The number of ether oxygens (including phenoxy) is 2. The average Bonchev–Trinajstić information content (AvgIpc) is 3.05. The lowest BCUT2D eigenvalue weighted by molar-refractivity contribution is 0.171. The molecule has 0 radical (unpaired) electrons. The Morgan fingerprint density at radius 3 is 2.73 bits per heavy atom. The van der Waals surface area contributed by atoms with Crippen LogP contribution in [0.1, 0.15) is 19.3 Å². The van der Waals surface area contributed by atoms with Crippen molar-refractivity contribution in [1.29, 1.82) is 0 Å². The van der Waals surface area contributed by atoms with Crippen LogP contribution in [0.3, 0.4) is 0 Å². The zero-order chi connectivity index (χ0) is 15.2. The number of nitrogens with one attached hydrogen (secondary N) is 2. The summed E-state index contributed by atoms with van der Waals surface area (Å²) in [5.41, 5.74) is 0.710. The first-order valence-electron chi connectivity index (χ1n) is 7.98. The third-order valence-electron chi connectivity index (χ3n) is 3.94. The smallest absolute Gasteiger partial charge is 0.319 e. The van der Waals surface area contributed by atoms with Gasteiger partial charge in [0.2, 0.25) is 0 Å². The molecule has 6 heteroatoms. The van der Waals surface area contributed by atoms with Gasteiger partial charge >= 0.3 is 6.03 Å². The molecule has 3 rings (SSSR count). The minimum atomic E-state index is -0.182. The van der Waals surface area contributed by atoms with Crippen molar-refractivity contribution in [2.45, 2.75) is 19.3 Å². The number of rotatable bonds is 5. The van der Waals surface area contributed by atoms with E-state index in [4.69, 9.17) is 9.47 Å². The number of fused-ring (bicyclic) bond motifs is 1. The molecule has 0 atom stereocenters. The summed E-state index contributed by atoms with van der Waals surface area (Å²) >= 11 is 0. The SMILES string of the molecule is O=C(NCCCN1CCCC1)Nc1ccc2c(c1)OCCO2. The highest BCUT2D eigenvalue weighted by Crippen LogP contribution is 2.32. The lowest BCUT2D eigenvalue weighted by Crippen LogP contribution is -2.31. The predicted octanol–water partition coefficient (Wildman–Crippen LogP) is 2.07. The molecule has 1 aromatic carbocycles. The van der Waals surface area contributed by atoms with Gasteiger partial charge < -0.3 is 25.0 Å². The third-order valence-corrected chi connectivity index (χ3v) is 3.94. The molecule has 2 heterocycles. The van der Waals surface area contributed by atoms with Gasteiger partial charge in [0.15, 0.2) is 11.5 Å². The van der Waals surface area contributed by atoms with E-state index in [1.807, 2.05) is 12.1 Å². The molecule has 0 unspecified atom stereocenters. The average molecular weight is 305 g/mol. The van der Waals surface area contributed by atoms with Crippen LogP contribution in [0.15, 0.2) is 18.2 Å². The van der Waals surface area contributed by atoms with E-state index in [1.165, 1.54) is 25.9 Å². The molecule has 22 heavy (non-hydrogen) atoms. The van der Waals surface area contributed by atoms with Crippen molar-refractivity contribution in [2.75, 3.05) is 44.7 Å². The normalized spacial score (nSPS) is 17.3. The van der Waals surface area contributed by atoms with Gasteiger partial charge in [0.1, 0.15) is 13.2 Å². The van der Waals surface area contributed by atoms with Crippen LogP contribution in [0.25, 0.3) is 0 Å². The van der Waals surface area contributed by atoms with Gasteiger partial charge in [-0.25, -0.2) is 4.79 Å². The van der Waals surface area contributed by atoms with E-state index in [2.05, 4.69) is 15.5 Å². The van der Waals surface area contributed by atoms with E-state index in [0.29, 0.717) is 31.2 Å². The summed E-state index contributed by atoms with van der Waals surface area (Å²) in [7, 11) is 0. The zero-order valence-electron chi connectivity index (χ0n) is 12.8. The summed E-state index contributed by atoms with van der Waals surface area (Å²) in [6.45, 7) is 5.25. The van der Waals surface area contributed by atoms with E-state index in [-0.39, 0.29) is 6.03 Å². The topological polar surface area (TPSA) is 62.8 Å². The highest BCUT2D eigenvalue weighted by atomic mass is 16.6. The Hall–Kier alpha value is -1.95. The Morgan fingerprint density at radius 1 is 1.14 bits per heavy atom. The van der Waals surface area contributed by atoms with E-state index >= 15 is 0 Å². The number of urea groups is 1. The van der Waals surface area contributed by atoms with Crippen molar-refractivity contribution in [2.24, 2.45) is 0 Å². The largest absolute Gasteiger partial charge is 0.486 e. The van der Waals surface area contributed by atoms with Crippen LogP contribution in [0.4, 0.5) is 10.5 Å². The molecular formula is C16H23N3O3. The first-order valence-corrected chi connectivity index (χ1v) is 7.98.